The van der Waals surface area contributed by atoms with Crippen molar-refractivity contribution in [2.24, 2.45) is 11.5 Å². The molecule has 0 bridgehead atoms. The van der Waals surface area contributed by atoms with Crippen LogP contribution < -0.4 is 11.5 Å². The second-order valence-corrected chi connectivity index (χ2v) is 1.49. The molecule has 0 atom stereocenters. The van der Waals surface area contributed by atoms with Crippen molar-refractivity contribution >= 4 is 12.6 Å². The van der Waals surface area contributed by atoms with E-state index in [1.807, 2.05) is 6.79 Å². The summed E-state index contributed by atoms with van der Waals surface area (Å²) < 4.78 is 0. The fourth-order valence-electron chi connectivity index (χ4n) is 0. The highest BCUT2D eigenvalue weighted by Crippen LogP contribution is 1.50. The largest absolute Gasteiger partial charge is 0.329 e. The Morgan fingerprint density at radius 3 is 1.30 bits per heavy atom. The molecular formula is C6H16N2O2. The van der Waals surface area contributed by atoms with Gasteiger partial charge in [-0.3, -0.25) is 0 Å². The first-order valence-electron chi connectivity index (χ1n) is 2.81. The van der Waals surface area contributed by atoms with E-state index in [1.165, 1.54) is 13.8 Å². The zero-order valence-electron chi connectivity index (χ0n) is 6.59. The van der Waals surface area contributed by atoms with Crippen LogP contribution in [0, 0.1) is 0 Å². The molecule has 10 heavy (non-hydrogen) atoms. The summed E-state index contributed by atoms with van der Waals surface area (Å²) in [6.45, 7) is 6.25. The molecule has 0 fully saturated rings. The Kier molecular flexibility index (Phi) is 38.7. The average molecular weight is 148 g/mol. The van der Waals surface area contributed by atoms with Crippen molar-refractivity contribution in [1.29, 1.82) is 0 Å². The summed E-state index contributed by atoms with van der Waals surface area (Å²) in [5.41, 5.74) is 9.81. The van der Waals surface area contributed by atoms with E-state index in [0.29, 0.717) is 13.1 Å². The van der Waals surface area contributed by atoms with Gasteiger partial charge in [0.05, 0.1) is 0 Å². The van der Waals surface area contributed by atoms with Crippen molar-refractivity contribution in [1.82, 2.24) is 0 Å². The maximum absolute atomic E-state index is 9.44. The lowest BCUT2D eigenvalue weighted by molar-refractivity contribution is -0.115. The van der Waals surface area contributed by atoms with E-state index in [4.69, 9.17) is 16.3 Å². The van der Waals surface area contributed by atoms with Crippen LogP contribution in [0.2, 0.25) is 0 Å². The molecule has 0 aromatic rings. The first-order chi connectivity index (χ1) is 4.65. The van der Waals surface area contributed by atoms with Crippen LogP contribution in [0.1, 0.15) is 13.8 Å². The average Bonchev–Trinajstić information content (AvgIpc) is 1.91. The Hall–Kier alpha value is -0.740. The third-order valence-corrected chi connectivity index (χ3v) is 0.167. The minimum Gasteiger partial charge on any atom is -0.329 e. The van der Waals surface area contributed by atoms with E-state index < -0.39 is 0 Å². The van der Waals surface area contributed by atoms with Crippen LogP contribution in [0.4, 0.5) is 0 Å². The smallest absolute Gasteiger partial charge is 0.126 e. The van der Waals surface area contributed by atoms with Gasteiger partial charge in [-0.25, -0.2) is 0 Å². The SMILES string of the molecule is C=O.CC(C)=O.NCCN. The number of carbonyl (C=O) groups is 2. The number of Topliss-reactive ketones (excluding diaryl/α,β-unsaturated/α-hetero) is 1. The monoisotopic (exact) mass is 148 g/mol. The molecule has 4 nitrogen and oxygen atoms in total. The first-order valence-corrected chi connectivity index (χ1v) is 2.81. The van der Waals surface area contributed by atoms with Crippen LogP contribution in [0.3, 0.4) is 0 Å². The molecule has 0 spiro atoms. The van der Waals surface area contributed by atoms with E-state index in [9.17, 15) is 4.79 Å². The van der Waals surface area contributed by atoms with Crippen LogP contribution in [-0.2, 0) is 9.59 Å². The quantitative estimate of drug-likeness (QED) is 0.515. The molecule has 0 radical (unpaired) electrons. The second kappa shape index (κ2) is 24.0. The molecule has 0 aliphatic rings. The summed E-state index contributed by atoms with van der Waals surface area (Å²) in [6.07, 6.45) is 0. The fourth-order valence-corrected chi connectivity index (χ4v) is 0. The van der Waals surface area contributed by atoms with E-state index >= 15 is 0 Å². The van der Waals surface area contributed by atoms with Crippen LogP contribution in [-0.4, -0.2) is 25.7 Å². The zero-order chi connectivity index (χ0) is 8.99. The number of carbonyl (C=O) groups excluding carboxylic acids is 2. The number of nitrogens with two attached hydrogens (primary N) is 2. The predicted octanol–water partition coefficient (Wildman–Crippen LogP) is -0.686. The molecule has 0 aliphatic carbocycles. The van der Waals surface area contributed by atoms with Gasteiger partial charge in [0.1, 0.15) is 12.6 Å². The van der Waals surface area contributed by atoms with Gasteiger partial charge >= 0.3 is 0 Å². The van der Waals surface area contributed by atoms with Gasteiger partial charge in [0, 0.05) is 13.1 Å². The fraction of sp³-hybridized carbons (Fsp3) is 0.667. The molecule has 0 aliphatic heterocycles. The Bertz CT molecular complexity index is 60.8. The van der Waals surface area contributed by atoms with Crippen molar-refractivity contribution in [3.63, 3.8) is 0 Å². The van der Waals surface area contributed by atoms with Crippen LogP contribution >= 0.6 is 0 Å². The second-order valence-electron chi connectivity index (χ2n) is 1.49. The molecule has 0 amide bonds. The van der Waals surface area contributed by atoms with Crippen LogP contribution in [0.15, 0.2) is 0 Å². The molecule has 0 unspecified atom stereocenters. The first kappa shape index (κ1) is 16.1. The highest BCUT2D eigenvalue weighted by Gasteiger charge is 1.62. The lowest BCUT2D eigenvalue weighted by Gasteiger charge is -1.72. The topological polar surface area (TPSA) is 86.2 Å². The Labute approximate surface area is 61.6 Å². The predicted molar refractivity (Wildman–Crippen MR) is 41.6 cm³/mol. The van der Waals surface area contributed by atoms with E-state index in [-0.39, 0.29) is 5.78 Å². The third kappa shape index (κ3) is 4210. The van der Waals surface area contributed by atoms with Crippen molar-refractivity contribution in [3.8, 4) is 0 Å². The number of hydrogen-bond acceptors (Lipinski definition) is 4. The van der Waals surface area contributed by atoms with Gasteiger partial charge < -0.3 is 21.1 Å². The Morgan fingerprint density at radius 1 is 1.20 bits per heavy atom. The summed E-state index contributed by atoms with van der Waals surface area (Å²) in [7, 11) is 0. The van der Waals surface area contributed by atoms with Gasteiger partial charge in [0.25, 0.3) is 0 Å². The van der Waals surface area contributed by atoms with Gasteiger partial charge in [-0.2, -0.15) is 0 Å². The van der Waals surface area contributed by atoms with E-state index in [1.54, 1.807) is 0 Å². The zero-order valence-corrected chi connectivity index (χ0v) is 6.59. The molecule has 0 aromatic carbocycles. The van der Waals surface area contributed by atoms with Gasteiger partial charge in [0.2, 0.25) is 0 Å². The molecular weight excluding hydrogens is 132 g/mol. The van der Waals surface area contributed by atoms with Crippen molar-refractivity contribution in [3.05, 3.63) is 0 Å². The molecule has 4 N–H and O–H groups in total. The molecule has 4 heteroatoms. The molecule has 0 saturated heterocycles. The third-order valence-electron chi connectivity index (χ3n) is 0.167. The van der Waals surface area contributed by atoms with E-state index in [0.717, 1.165) is 0 Å². The number of rotatable bonds is 1. The molecule has 62 valence electrons. The molecule has 0 rings (SSSR count). The maximum atomic E-state index is 9.44. The molecule has 0 aromatic heterocycles. The van der Waals surface area contributed by atoms with Gasteiger partial charge in [-0.05, 0) is 13.8 Å². The highest BCUT2D eigenvalue weighted by molar-refractivity contribution is 5.72. The Morgan fingerprint density at radius 2 is 1.30 bits per heavy atom. The van der Waals surface area contributed by atoms with Crippen molar-refractivity contribution in [2.45, 2.75) is 13.8 Å². The standard InChI is InChI=1S/C3H6O.C2H8N2.CH2O/c1-3(2)4;3-1-2-4;1-2/h1-2H3;1-4H2;1H2. The lowest BCUT2D eigenvalue weighted by atomic mass is 10.6. The van der Waals surface area contributed by atoms with Crippen molar-refractivity contribution < 1.29 is 9.59 Å². The highest BCUT2D eigenvalue weighted by atomic mass is 16.1. The number of ketones is 1. The van der Waals surface area contributed by atoms with Gasteiger partial charge in [-0.1, -0.05) is 0 Å². The minimum atomic E-state index is 0.167. The Balaban J connectivity index is -0.0000000787. The molecule has 0 saturated carbocycles. The van der Waals surface area contributed by atoms with Crippen molar-refractivity contribution in [2.75, 3.05) is 13.1 Å². The summed E-state index contributed by atoms with van der Waals surface area (Å²) in [6, 6.07) is 0. The van der Waals surface area contributed by atoms with Crippen LogP contribution in [0.25, 0.3) is 0 Å². The van der Waals surface area contributed by atoms with Gasteiger partial charge in [-0.15, -0.1) is 0 Å². The van der Waals surface area contributed by atoms with Gasteiger partial charge in [0.15, 0.2) is 0 Å². The summed E-state index contributed by atoms with van der Waals surface area (Å²) in [5, 5.41) is 0. The normalized spacial score (nSPS) is 6.00. The summed E-state index contributed by atoms with van der Waals surface area (Å²) in [4.78, 5) is 17.4. The maximum Gasteiger partial charge on any atom is 0.126 e. The summed E-state index contributed by atoms with van der Waals surface area (Å²) in [5.74, 6) is 0.167. The molecule has 0 heterocycles. The van der Waals surface area contributed by atoms with Crippen LogP contribution in [0.5, 0.6) is 0 Å². The summed E-state index contributed by atoms with van der Waals surface area (Å²) >= 11 is 0. The number of hydrogen-bond donors (Lipinski definition) is 2. The van der Waals surface area contributed by atoms with E-state index in [2.05, 4.69) is 0 Å². The minimum absolute atomic E-state index is 0.167. The lowest BCUT2D eigenvalue weighted by Crippen LogP contribution is -2.11.